The van der Waals surface area contributed by atoms with Crippen molar-refractivity contribution in [2.45, 2.75) is 26.1 Å². The average Bonchev–Trinajstić information content (AvgIpc) is 3.10. The molecule has 0 fully saturated rings. The fourth-order valence-electron chi connectivity index (χ4n) is 2.90. The Kier molecular flexibility index (Phi) is 6.65. The number of allylic oxidation sites excluding steroid dienone is 1. The van der Waals surface area contributed by atoms with Crippen LogP contribution < -0.4 is 16.0 Å². The summed E-state index contributed by atoms with van der Waals surface area (Å²) < 4.78 is 38.1. The number of anilines is 2. The van der Waals surface area contributed by atoms with E-state index in [1.165, 1.54) is 18.3 Å². The summed E-state index contributed by atoms with van der Waals surface area (Å²) >= 11 is 5.31. The second-order valence-corrected chi connectivity index (χ2v) is 7.59. The molecule has 5 nitrogen and oxygen atoms in total. The zero-order valence-electron chi connectivity index (χ0n) is 16.9. The summed E-state index contributed by atoms with van der Waals surface area (Å²) in [6.45, 7) is 4.03. The first-order chi connectivity index (χ1) is 14.7. The van der Waals surface area contributed by atoms with E-state index in [4.69, 9.17) is 17.6 Å². The molecule has 0 aliphatic heterocycles. The summed E-state index contributed by atoms with van der Waals surface area (Å²) in [5.41, 5.74) is 2.91. The third kappa shape index (κ3) is 5.64. The van der Waals surface area contributed by atoms with E-state index in [0.717, 1.165) is 34.2 Å². The number of nitrogens with one attached hydrogen (secondary N) is 5. The van der Waals surface area contributed by atoms with E-state index in [-0.39, 0.29) is 11.2 Å². The molecule has 31 heavy (non-hydrogen) atoms. The number of rotatable bonds is 6. The molecule has 0 amide bonds. The van der Waals surface area contributed by atoms with Crippen LogP contribution in [0, 0.1) is 5.41 Å². The number of H-pyrrole nitrogens is 1. The molecule has 0 bridgehead atoms. The van der Waals surface area contributed by atoms with Gasteiger partial charge in [0, 0.05) is 46.8 Å². The molecule has 0 saturated carbocycles. The van der Waals surface area contributed by atoms with Crippen molar-refractivity contribution in [1.29, 1.82) is 5.41 Å². The molecule has 0 aliphatic carbocycles. The van der Waals surface area contributed by atoms with Crippen molar-refractivity contribution in [3.8, 4) is 0 Å². The molecule has 3 aromatic rings. The standard InChI is InChI=1S/C22H22F3N5S/c1-13(2)27-11-15(10-26)14-3-8-19-18(9-14)20(12-28-19)30-21(31)29-17-6-4-16(5-7-17)22(23,24)25/h3-13,26-28H,1-2H3,(H2,29,30,31)/b15-11+,26-10?. The summed E-state index contributed by atoms with van der Waals surface area (Å²) in [5.74, 6) is 0. The van der Waals surface area contributed by atoms with E-state index in [2.05, 4.69) is 20.9 Å². The van der Waals surface area contributed by atoms with E-state index in [1.807, 2.05) is 32.0 Å². The van der Waals surface area contributed by atoms with Crippen molar-refractivity contribution in [2.24, 2.45) is 0 Å². The second kappa shape index (κ2) is 9.22. The number of thiocarbonyl (C=S) groups is 1. The van der Waals surface area contributed by atoms with Crippen LogP contribution in [0.25, 0.3) is 16.5 Å². The highest BCUT2D eigenvalue weighted by Crippen LogP contribution is 2.30. The molecule has 3 rings (SSSR count). The summed E-state index contributed by atoms with van der Waals surface area (Å²) in [4.78, 5) is 3.15. The molecule has 0 spiro atoms. The highest BCUT2D eigenvalue weighted by atomic mass is 32.1. The molecule has 9 heteroatoms. The summed E-state index contributed by atoms with van der Waals surface area (Å²) in [6, 6.07) is 10.7. The third-order valence-electron chi connectivity index (χ3n) is 4.46. The molecule has 0 aliphatic rings. The normalized spacial score (nSPS) is 12.1. The minimum Gasteiger partial charge on any atom is -0.388 e. The van der Waals surface area contributed by atoms with Gasteiger partial charge < -0.3 is 26.3 Å². The van der Waals surface area contributed by atoms with Crippen molar-refractivity contribution in [3.05, 3.63) is 66.0 Å². The van der Waals surface area contributed by atoms with Gasteiger partial charge in [-0.25, -0.2) is 0 Å². The average molecular weight is 446 g/mol. The molecule has 5 N–H and O–H groups in total. The number of aromatic amines is 1. The van der Waals surface area contributed by atoms with Crippen LogP contribution in [0.1, 0.15) is 25.0 Å². The molecule has 162 valence electrons. The van der Waals surface area contributed by atoms with E-state index in [1.54, 1.807) is 12.4 Å². The first-order valence-electron chi connectivity index (χ1n) is 9.51. The molecular weight excluding hydrogens is 423 g/mol. The maximum Gasteiger partial charge on any atom is 0.416 e. The maximum absolute atomic E-state index is 12.7. The second-order valence-electron chi connectivity index (χ2n) is 7.18. The van der Waals surface area contributed by atoms with Gasteiger partial charge in [0.05, 0.1) is 11.3 Å². The lowest BCUT2D eigenvalue weighted by Gasteiger charge is -2.12. The van der Waals surface area contributed by atoms with Gasteiger partial charge in [0.2, 0.25) is 0 Å². The van der Waals surface area contributed by atoms with E-state index in [9.17, 15) is 13.2 Å². The number of fused-ring (bicyclic) bond motifs is 1. The summed E-state index contributed by atoms with van der Waals surface area (Å²) in [6.07, 6.45) is 0.464. The van der Waals surface area contributed by atoms with Gasteiger partial charge in [-0.3, -0.25) is 0 Å². The van der Waals surface area contributed by atoms with Crippen molar-refractivity contribution < 1.29 is 13.2 Å². The highest BCUT2D eigenvalue weighted by molar-refractivity contribution is 7.80. The van der Waals surface area contributed by atoms with Crippen LogP contribution in [0.4, 0.5) is 24.5 Å². The fraction of sp³-hybridized carbons (Fsp3) is 0.182. The Hall–Kier alpha value is -3.33. The quantitative estimate of drug-likeness (QED) is 0.239. The van der Waals surface area contributed by atoms with Gasteiger partial charge >= 0.3 is 6.18 Å². The van der Waals surface area contributed by atoms with Crippen molar-refractivity contribution in [3.63, 3.8) is 0 Å². The Morgan fingerprint density at radius 2 is 1.81 bits per heavy atom. The SMILES string of the molecule is CC(C)N/C=C(\C=N)c1ccc2[nH]cc(NC(=S)Nc3ccc(C(F)(F)F)cc3)c2c1. The Morgan fingerprint density at radius 3 is 2.42 bits per heavy atom. The fourth-order valence-corrected chi connectivity index (χ4v) is 3.12. The predicted octanol–water partition coefficient (Wildman–Crippen LogP) is 5.98. The molecule has 0 saturated heterocycles. The van der Waals surface area contributed by atoms with Crippen molar-refractivity contribution in [1.82, 2.24) is 10.3 Å². The van der Waals surface area contributed by atoms with E-state index in [0.29, 0.717) is 11.4 Å². The van der Waals surface area contributed by atoms with Crippen LogP contribution in [0.15, 0.2) is 54.9 Å². The maximum atomic E-state index is 12.7. The lowest BCUT2D eigenvalue weighted by molar-refractivity contribution is -0.137. The number of hydrogen-bond donors (Lipinski definition) is 5. The number of halogens is 3. The minimum absolute atomic E-state index is 0.246. The van der Waals surface area contributed by atoms with Crippen molar-refractivity contribution >= 4 is 51.4 Å². The molecule has 0 atom stereocenters. The van der Waals surface area contributed by atoms with Gasteiger partial charge in [0.1, 0.15) is 0 Å². The first-order valence-corrected chi connectivity index (χ1v) is 9.91. The number of benzene rings is 2. The van der Waals surface area contributed by atoms with Gasteiger partial charge in [-0.15, -0.1) is 0 Å². The molecule has 0 radical (unpaired) electrons. The number of aromatic nitrogens is 1. The molecular formula is C22H22F3N5S. The minimum atomic E-state index is -4.38. The van der Waals surface area contributed by atoms with Gasteiger partial charge in [-0.1, -0.05) is 6.07 Å². The van der Waals surface area contributed by atoms with Crippen LogP contribution in [-0.2, 0) is 6.18 Å². The Morgan fingerprint density at radius 1 is 1.10 bits per heavy atom. The zero-order chi connectivity index (χ0) is 22.6. The molecule has 1 heterocycles. The predicted molar refractivity (Wildman–Crippen MR) is 125 cm³/mol. The van der Waals surface area contributed by atoms with Crippen LogP contribution in [-0.4, -0.2) is 22.4 Å². The monoisotopic (exact) mass is 445 g/mol. The Bertz CT molecular complexity index is 1110. The van der Waals surface area contributed by atoms with Gasteiger partial charge in [-0.2, -0.15) is 13.2 Å². The van der Waals surface area contributed by atoms with E-state index >= 15 is 0 Å². The van der Waals surface area contributed by atoms with Gasteiger partial charge in [0.25, 0.3) is 0 Å². The van der Waals surface area contributed by atoms with Crippen LogP contribution in [0.5, 0.6) is 0 Å². The summed E-state index contributed by atoms with van der Waals surface area (Å²) in [5, 5.41) is 18.0. The van der Waals surface area contributed by atoms with Crippen LogP contribution in [0.2, 0.25) is 0 Å². The van der Waals surface area contributed by atoms with Gasteiger partial charge in [-0.05, 0) is 68.0 Å². The first kappa shape index (κ1) is 22.4. The summed E-state index contributed by atoms with van der Waals surface area (Å²) in [7, 11) is 0. The Balaban J connectivity index is 1.77. The lowest BCUT2D eigenvalue weighted by Crippen LogP contribution is -2.19. The lowest BCUT2D eigenvalue weighted by atomic mass is 10.1. The molecule has 1 aromatic heterocycles. The topological polar surface area (TPSA) is 75.7 Å². The van der Waals surface area contributed by atoms with Crippen LogP contribution >= 0.6 is 12.2 Å². The molecule has 2 aromatic carbocycles. The largest absolute Gasteiger partial charge is 0.416 e. The zero-order valence-corrected chi connectivity index (χ0v) is 17.7. The third-order valence-corrected chi connectivity index (χ3v) is 4.67. The van der Waals surface area contributed by atoms with Crippen LogP contribution in [0.3, 0.4) is 0 Å². The Labute approximate surface area is 183 Å². The molecule has 0 unspecified atom stereocenters. The number of alkyl halides is 3. The highest BCUT2D eigenvalue weighted by Gasteiger charge is 2.29. The number of hydrogen-bond acceptors (Lipinski definition) is 3. The van der Waals surface area contributed by atoms with Crippen molar-refractivity contribution in [2.75, 3.05) is 10.6 Å². The van der Waals surface area contributed by atoms with Gasteiger partial charge in [0.15, 0.2) is 5.11 Å². The smallest absolute Gasteiger partial charge is 0.388 e. The van der Waals surface area contributed by atoms with E-state index < -0.39 is 11.7 Å².